The van der Waals surface area contributed by atoms with Crippen LogP contribution in [0.15, 0.2) is 46.5 Å². The van der Waals surface area contributed by atoms with E-state index in [1.807, 2.05) is 31.2 Å². The number of tetrazole rings is 1. The van der Waals surface area contributed by atoms with E-state index in [1.165, 1.54) is 12.1 Å². The standard InChI is InChI=1S/C23H30N6O3S/c1-4-6-9-16(5-2)14-24-22(32)25-18-12-20(31)21(13-19(18)30)33-23-26-27-28-29(23)17-10-7-8-15(3)11-17/h7-8,10-13,16,30-31H,4-6,9,14H2,1-3H3,(H2,24,25,32). The first-order valence-electron chi connectivity index (χ1n) is 11.0. The highest BCUT2D eigenvalue weighted by Gasteiger charge is 2.17. The molecule has 3 aromatic rings. The van der Waals surface area contributed by atoms with Gasteiger partial charge in [-0.25, -0.2) is 4.79 Å². The summed E-state index contributed by atoms with van der Waals surface area (Å²) in [5.74, 6) is 0.134. The van der Waals surface area contributed by atoms with Gasteiger partial charge in [-0.15, -0.1) is 5.10 Å². The molecule has 0 saturated carbocycles. The SMILES string of the molecule is CCCCC(CC)CNC(=O)Nc1cc(O)c(Sc2nnnn2-c2cccc(C)c2)cc1O. The second-order valence-corrected chi connectivity index (χ2v) is 8.91. The number of anilines is 1. The number of nitrogens with one attached hydrogen (secondary N) is 2. The third-order valence-corrected chi connectivity index (χ3v) is 6.29. The number of aromatic hydroxyl groups is 2. The molecule has 0 fully saturated rings. The average molecular weight is 471 g/mol. The Morgan fingerprint density at radius 3 is 2.73 bits per heavy atom. The van der Waals surface area contributed by atoms with Gasteiger partial charge in [-0.2, -0.15) is 4.68 Å². The third-order valence-electron chi connectivity index (χ3n) is 5.31. The molecule has 176 valence electrons. The van der Waals surface area contributed by atoms with Crippen LogP contribution in [-0.2, 0) is 0 Å². The molecule has 2 aromatic carbocycles. The van der Waals surface area contributed by atoms with Crippen LogP contribution in [0.2, 0.25) is 0 Å². The molecule has 10 heteroatoms. The van der Waals surface area contributed by atoms with Crippen molar-refractivity contribution < 1.29 is 15.0 Å². The molecule has 1 aromatic heterocycles. The highest BCUT2D eigenvalue weighted by Crippen LogP contribution is 2.40. The second kappa shape index (κ2) is 11.6. The number of unbranched alkanes of at least 4 members (excludes halogenated alkanes) is 1. The Morgan fingerprint density at radius 2 is 2.00 bits per heavy atom. The second-order valence-electron chi connectivity index (χ2n) is 7.90. The molecular formula is C23H30N6O3S. The van der Waals surface area contributed by atoms with E-state index in [-0.39, 0.29) is 17.2 Å². The third kappa shape index (κ3) is 6.61. The summed E-state index contributed by atoms with van der Waals surface area (Å²) in [4.78, 5) is 12.6. The number of hydrogen-bond acceptors (Lipinski definition) is 7. The largest absolute Gasteiger partial charge is 0.507 e. The van der Waals surface area contributed by atoms with Gasteiger partial charge in [0.25, 0.3) is 0 Å². The molecule has 1 atom stereocenters. The smallest absolute Gasteiger partial charge is 0.319 e. The van der Waals surface area contributed by atoms with Crippen molar-refractivity contribution in [2.24, 2.45) is 5.92 Å². The van der Waals surface area contributed by atoms with Gasteiger partial charge in [-0.1, -0.05) is 45.2 Å². The Morgan fingerprint density at radius 1 is 1.18 bits per heavy atom. The Balaban J connectivity index is 1.68. The number of amides is 2. The number of carbonyl (C=O) groups is 1. The number of aryl methyl sites for hydroxylation is 1. The van der Waals surface area contributed by atoms with Gasteiger partial charge in [-0.05, 0) is 65.2 Å². The molecule has 33 heavy (non-hydrogen) atoms. The average Bonchev–Trinajstić information content (AvgIpc) is 3.25. The fraction of sp³-hybridized carbons (Fsp3) is 0.391. The van der Waals surface area contributed by atoms with Crippen LogP contribution in [0.5, 0.6) is 11.5 Å². The summed E-state index contributed by atoms with van der Waals surface area (Å²) in [5, 5.41) is 38.6. The molecule has 9 nitrogen and oxygen atoms in total. The van der Waals surface area contributed by atoms with E-state index in [4.69, 9.17) is 0 Å². The zero-order valence-corrected chi connectivity index (χ0v) is 19.9. The van der Waals surface area contributed by atoms with Crippen LogP contribution in [-0.4, -0.2) is 43.0 Å². The predicted octanol–water partition coefficient (Wildman–Crippen LogP) is 4.87. The molecule has 0 aliphatic rings. The molecule has 1 heterocycles. The van der Waals surface area contributed by atoms with Crippen LogP contribution in [0.1, 0.15) is 45.1 Å². The van der Waals surface area contributed by atoms with E-state index in [0.29, 0.717) is 22.5 Å². The number of benzene rings is 2. The number of rotatable bonds is 10. The van der Waals surface area contributed by atoms with Gasteiger partial charge in [0.15, 0.2) is 0 Å². The maximum absolute atomic E-state index is 12.3. The van der Waals surface area contributed by atoms with E-state index in [2.05, 4.69) is 40.0 Å². The number of phenols is 2. The van der Waals surface area contributed by atoms with E-state index < -0.39 is 6.03 Å². The summed E-state index contributed by atoms with van der Waals surface area (Å²) in [5.41, 5.74) is 1.96. The maximum atomic E-state index is 12.3. The van der Waals surface area contributed by atoms with Gasteiger partial charge in [0, 0.05) is 12.6 Å². The lowest BCUT2D eigenvalue weighted by molar-refractivity contribution is 0.249. The van der Waals surface area contributed by atoms with E-state index in [9.17, 15) is 15.0 Å². The van der Waals surface area contributed by atoms with Gasteiger partial charge < -0.3 is 20.8 Å². The topological polar surface area (TPSA) is 125 Å². The van der Waals surface area contributed by atoms with E-state index in [0.717, 1.165) is 48.7 Å². The molecular weight excluding hydrogens is 440 g/mol. The predicted molar refractivity (Wildman–Crippen MR) is 128 cm³/mol. The normalized spacial score (nSPS) is 11.8. The minimum Gasteiger partial charge on any atom is -0.507 e. The van der Waals surface area contributed by atoms with Crippen LogP contribution in [0.3, 0.4) is 0 Å². The van der Waals surface area contributed by atoms with Crippen molar-refractivity contribution in [2.45, 2.75) is 56.5 Å². The number of nitrogens with zero attached hydrogens (tertiary/aromatic N) is 4. The summed E-state index contributed by atoms with van der Waals surface area (Å²) in [6.07, 6.45) is 4.30. The number of urea groups is 1. The molecule has 4 N–H and O–H groups in total. The van der Waals surface area contributed by atoms with Crippen molar-refractivity contribution in [1.29, 1.82) is 0 Å². The van der Waals surface area contributed by atoms with Gasteiger partial charge in [0.2, 0.25) is 5.16 Å². The van der Waals surface area contributed by atoms with Crippen molar-refractivity contribution in [1.82, 2.24) is 25.5 Å². The van der Waals surface area contributed by atoms with Gasteiger partial charge in [0.1, 0.15) is 11.5 Å². The van der Waals surface area contributed by atoms with Gasteiger partial charge >= 0.3 is 6.03 Å². The van der Waals surface area contributed by atoms with Crippen molar-refractivity contribution in [3.8, 4) is 17.2 Å². The van der Waals surface area contributed by atoms with E-state index in [1.54, 1.807) is 4.68 Å². The molecule has 0 aliphatic heterocycles. The first-order chi connectivity index (χ1) is 15.9. The number of aromatic nitrogens is 4. The minimum absolute atomic E-state index is 0.110. The molecule has 0 radical (unpaired) electrons. The number of phenolic OH excluding ortho intramolecular Hbond substituents is 2. The Hall–Kier alpha value is -3.27. The summed E-state index contributed by atoms with van der Waals surface area (Å²) >= 11 is 1.10. The summed E-state index contributed by atoms with van der Waals surface area (Å²) in [6, 6.07) is 9.95. The maximum Gasteiger partial charge on any atom is 0.319 e. The number of carbonyl (C=O) groups excluding carboxylic acids is 1. The lowest BCUT2D eigenvalue weighted by Gasteiger charge is -2.16. The van der Waals surface area contributed by atoms with Crippen LogP contribution in [0.4, 0.5) is 10.5 Å². The van der Waals surface area contributed by atoms with Crippen LogP contribution in [0.25, 0.3) is 5.69 Å². The van der Waals surface area contributed by atoms with Crippen molar-refractivity contribution in [3.63, 3.8) is 0 Å². The van der Waals surface area contributed by atoms with Crippen LogP contribution < -0.4 is 10.6 Å². The Labute approximate surface area is 197 Å². The number of hydrogen-bond donors (Lipinski definition) is 4. The van der Waals surface area contributed by atoms with Gasteiger partial charge in [0.05, 0.1) is 16.3 Å². The molecule has 2 amide bonds. The fourth-order valence-electron chi connectivity index (χ4n) is 3.35. The summed E-state index contributed by atoms with van der Waals surface area (Å²) < 4.78 is 1.55. The quantitative estimate of drug-likeness (QED) is 0.246. The van der Waals surface area contributed by atoms with Crippen molar-refractivity contribution >= 4 is 23.5 Å². The zero-order valence-electron chi connectivity index (χ0n) is 19.1. The van der Waals surface area contributed by atoms with E-state index >= 15 is 0 Å². The minimum atomic E-state index is -0.427. The highest BCUT2D eigenvalue weighted by atomic mass is 32.2. The Bertz CT molecular complexity index is 1090. The molecule has 0 spiro atoms. The lowest BCUT2D eigenvalue weighted by Crippen LogP contribution is -2.33. The van der Waals surface area contributed by atoms with Crippen molar-refractivity contribution in [2.75, 3.05) is 11.9 Å². The molecule has 3 rings (SSSR count). The first kappa shape index (κ1) is 24.4. The fourth-order valence-corrected chi connectivity index (χ4v) is 4.19. The molecule has 0 aliphatic carbocycles. The van der Waals surface area contributed by atoms with Crippen LogP contribution in [0, 0.1) is 12.8 Å². The Kier molecular flexibility index (Phi) is 8.53. The lowest BCUT2D eigenvalue weighted by atomic mass is 9.99. The van der Waals surface area contributed by atoms with Crippen LogP contribution >= 0.6 is 11.8 Å². The molecule has 0 saturated heterocycles. The zero-order chi connectivity index (χ0) is 23.8. The highest BCUT2D eigenvalue weighted by molar-refractivity contribution is 7.99. The molecule has 1 unspecified atom stereocenters. The first-order valence-corrected chi connectivity index (χ1v) is 11.9. The van der Waals surface area contributed by atoms with Gasteiger partial charge in [-0.3, -0.25) is 0 Å². The molecule has 0 bridgehead atoms. The monoisotopic (exact) mass is 470 g/mol. The summed E-state index contributed by atoms with van der Waals surface area (Å²) in [7, 11) is 0. The summed E-state index contributed by atoms with van der Waals surface area (Å²) in [6.45, 7) is 6.78. The van der Waals surface area contributed by atoms with Crippen molar-refractivity contribution in [3.05, 3.63) is 42.0 Å².